The van der Waals surface area contributed by atoms with E-state index in [1.54, 1.807) is 23.2 Å². The van der Waals surface area contributed by atoms with Crippen molar-refractivity contribution in [3.8, 4) is 11.6 Å². The summed E-state index contributed by atoms with van der Waals surface area (Å²) < 4.78 is 5.67. The van der Waals surface area contributed by atoms with Crippen LogP contribution in [0, 0.1) is 0 Å². The van der Waals surface area contributed by atoms with Crippen LogP contribution in [0.5, 0.6) is 11.6 Å². The van der Waals surface area contributed by atoms with Crippen molar-refractivity contribution in [3.63, 3.8) is 0 Å². The number of ether oxygens (including phenoxy) is 1. The van der Waals surface area contributed by atoms with Gasteiger partial charge in [-0.15, -0.1) is 0 Å². The first-order chi connectivity index (χ1) is 13.2. The molecule has 5 heteroatoms. The molecule has 2 N–H and O–H groups in total. The number of amides is 1. The minimum atomic E-state index is -0.0648. The maximum atomic E-state index is 12.8. The number of nitrogens with two attached hydrogens (primary N) is 1. The van der Waals surface area contributed by atoms with E-state index in [9.17, 15) is 4.79 Å². The van der Waals surface area contributed by atoms with Crippen LogP contribution >= 0.6 is 0 Å². The molecule has 0 bridgehead atoms. The minimum Gasteiger partial charge on any atom is -0.439 e. The Morgan fingerprint density at radius 2 is 1.67 bits per heavy atom. The number of carbonyl (C=O) groups excluding carboxylic acids is 1. The van der Waals surface area contributed by atoms with Crippen LogP contribution in [0.3, 0.4) is 0 Å². The molecular weight excluding hydrogens is 338 g/mol. The van der Waals surface area contributed by atoms with Crippen molar-refractivity contribution in [1.29, 1.82) is 0 Å². The van der Waals surface area contributed by atoms with Crippen molar-refractivity contribution in [3.05, 3.63) is 90.1 Å². The molecular formula is C22H21N3O2. The molecule has 1 saturated heterocycles. The van der Waals surface area contributed by atoms with Crippen LogP contribution in [0.2, 0.25) is 0 Å². The van der Waals surface area contributed by atoms with E-state index in [-0.39, 0.29) is 17.9 Å². The highest BCUT2D eigenvalue weighted by molar-refractivity contribution is 5.94. The van der Waals surface area contributed by atoms with Gasteiger partial charge in [0.25, 0.3) is 5.91 Å². The summed E-state index contributed by atoms with van der Waals surface area (Å²) in [5, 5.41) is 0. The van der Waals surface area contributed by atoms with Gasteiger partial charge in [0.1, 0.15) is 5.75 Å². The number of rotatable bonds is 4. The zero-order valence-electron chi connectivity index (χ0n) is 14.9. The van der Waals surface area contributed by atoms with Crippen LogP contribution < -0.4 is 10.5 Å². The van der Waals surface area contributed by atoms with Gasteiger partial charge in [-0.3, -0.25) is 4.79 Å². The quantitative estimate of drug-likeness (QED) is 0.775. The molecule has 1 aromatic heterocycles. The monoisotopic (exact) mass is 359 g/mol. The van der Waals surface area contributed by atoms with Gasteiger partial charge in [0.2, 0.25) is 5.88 Å². The molecule has 2 aromatic carbocycles. The van der Waals surface area contributed by atoms with Gasteiger partial charge in [0.05, 0.1) is 5.56 Å². The van der Waals surface area contributed by atoms with Crippen molar-refractivity contribution in [1.82, 2.24) is 9.88 Å². The van der Waals surface area contributed by atoms with Crippen molar-refractivity contribution >= 4 is 5.91 Å². The summed E-state index contributed by atoms with van der Waals surface area (Å²) >= 11 is 0. The summed E-state index contributed by atoms with van der Waals surface area (Å²) in [6.07, 6.45) is 1.56. The highest BCUT2D eigenvalue weighted by Crippen LogP contribution is 2.27. The Morgan fingerprint density at radius 1 is 0.963 bits per heavy atom. The average molecular weight is 359 g/mol. The molecule has 0 radical (unpaired) electrons. The van der Waals surface area contributed by atoms with Crippen LogP contribution in [-0.4, -0.2) is 34.9 Å². The molecule has 2 atom stereocenters. The number of para-hydroxylation sites is 1. The number of carbonyl (C=O) groups is 1. The lowest BCUT2D eigenvalue weighted by Crippen LogP contribution is -2.32. The van der Waals surface area contributed by atoms with Gasteiger partial charge in [-0.1, -0.05) is 48.5 Å². The summed E-state index contributed by atoms with van der Waals surface area (Å²) in [4.78, 5) is 18.9. The number of aromatic nitrogens is 1. The lowest BCUT2D eigenvalue weighted by atomic mass is 9.95. The van der Waals surface area contributed by atoms with Crippen LogP contribution in [-0.2, 0) is 0 Å². The average Bonchev–Trinajstić information content (AvgIpc) is 3.11. The second kappa shape index (κ2) is 7.60. The van der Waals surface area contributed by atoms with E-state index in [4.69, 9.17) is 10.5 Å². The highest BCUT2D eigenvalue weighted by atomic mass is 16.5. The molecule has 1 fully saturated rings. The smallest absolute Gasteiger partial charge is 0.255 e. The lowest BCUT2D eigenvalue weighted by molar-refractivity contribution is 0.0788. The van der Waals surface area contributed by atoms with Gasteiger partial charge in [-0.25, -0.2) is 4.98 Å². The molecule has 0 saturated carbocycles. The third-order valence-electron chi connectivity index (χ3n) is 4.83. The van der Waals surface area contributed by atoms with Crippen molar-refractivity contribution in [2.75, 3.05) is 13.1 Å². The molecule has 136 valence electrons. The zero-order chi connectivity index (χ0) is 18.6. The Morgan fingerprint density at radius 3 is 2.33 bits per heavy atom. The fourth-order valence-corrected chi connectivity index (χ4v) is 3.41. The van der Waals surface area contributed by atoms with Crippen LogP contribution in [0.25, 0.3) is 0 Å². The number of nitrogens with zero attached hydrogens (tertiary/aromatic N) is 2. The fraction of sp³-hybridized carbons (Fsp3) is 0.182. The Bertz CT molecular complexity index is 898. The third kappa shape index (κ3) is 3.83. The van der Waals surface area contributed by atoms with E-state index in [1.165, 1.54) is 5.56 Å². The highest BCUT2D eigenvalue weighted by Gasteiger charge is 2.34. The van der Waals surface area contributed by atoms with Crippen LogP contribution in [0.4, 0.5) is 0 Å². The van der Waals surface area contributed by atoms with E-state index >= 15 is 0 Å². The van der Waals surface area contributed by atoms with E-state index in [0.29, 0.717) is 30.3 Å². The van der Waals surface area contributed by atoms with Gasteiger partial charge in [-0.2, -0.15) is 0 Å². The largest absolute Gasteiger partial charge is 0.439 e. The molecule has 0 spiro atoms. The molecule has 1 aliphatic heterocycles. The second-order valence-electron chi connectivity index (χ2n) is 6.69. The molecule has 27 heavy (non-hydrogen) atoms. The Balaban J connectivity index is 1.44. The van der Waals surface area contributed by atoms with Crippen LogP contribution in [0.1, 0.15) is 21.8 Å². The third-order valence-corrected chi connectivity index (χ3v) is 4.83. The first-order valence-corrected chi connectivity index (χ1v) is 8.99. The van der Waals surface area contributed by atoms with Gasteiger partial charge >= 0.3 is 0 Å². The van der Waals surface area contributed by atoms with E-state index in [2.05, 4.69) is 17.1 Å². The van der Waals surface area contributed by atoms with E-state index < -0.39 is 0 Å². The van der Waals surface area contributed by atoms with E-state index in [0.717, 1.165) is 0 Å². The molecule has 1 aliphatic rings. The Hall–Kier alpha value is -3.18. The second-order valence-corrected chi connectivity index (χ2v) is 6.69. The predicted molar refractivity (Wildman–Crippen MR) is 104 cm³/mol. The maximum Gasteiger partial charge on any atom is 0.255 e. The molecule has 2 heterocycles. The number of hydrogen-bond donors (Lipinski definition) is 1. The van der Waals surface area contributed by atoms with Gasteiger partial charge in [0, 0.05) is 37.3 Å². The zero-order valence-corrected chi connectivity index (χ0v) is 14.9. The summed E-state index contributed by atoms with van der Waals surface area (Å²) in [6.45, 7) is 1.16. The number of likely N-dealkylation sites (tertiary alicyclic amines) is 1. The molecule has 0 unspecified atom stereocenters. The normalized spacial score (nSPS) is 19.1. The first kappa shape index (κ1) is 17.2. The number of hydrogen-bond acceptors (Lipinski definition) is 4. The molecule has 0 aliphatic carbocycles. The summed E-state index contributed by atoms with van der Waals surface area (Å²) in [6, 6.07) is 22.9. The van der Waals surface area contributed by atoms with E-state index in [1.807, 2.05) is 48.5 Å². The lowest BCUT2D eigenvalue weighted by Gasteiger charge is -2.16. The predicted octanol–water partition coefficient (Wildman–Crippen LogP) is 3.44. The summed E-state index contributed by atoms with van der Waals surface area (Å²) in [7, 11) is 0. The van der Waals surface area contributed by atoms with Gasteiger partial charge in [0.15, 0.2) is 0 Å². The molecule has 1 amide bonds. The molecule has 3 aromatic rings. The number of benzene rings is 2. The minimum absolute atomic E-state index is 0.0531. The van der Waals surface area contributed by atoms with Gasteiger partial charge in [-0.05, 0) is 23.8 Å². The molecule has 5 nitrogen and oxygen atoms in total. The van der Waals surface area contributed by atoms with Crippen molar-refractivity contribution in [2.24, 2.45) is 5.73 Å². The maximum absolute atomic E-state index is 12.8. The number of pyridine rings is 1. The topological polar surface area (TPSA) is 68.5 Å². The van der Waals surface area contributed by atoms with Crippen molar-refractivity contribution < 1.29 is 9.53 Å². The fourth-order valence-electron chi connectivity index (χ4n) is 3.41. The summed E-state index contributed by atoms with van der Waals surface area (Å²) in [5.41, 5.74) is 8.01. The van der Waals surface area contributed by atoms with Gasteiger partial charge < -0.3 is 15.4 Å². The first-order valence-electron chi connectivity index (χ1n) is 8.99. The Labute approximate surface area is 158 Å². The van der Waals surface area contributed by atoms with Crippen LogP contribution in [0.15, 0.2) is 79.0 Å². The molecule has 4 rings (SSSR count). The standard InChI is InChI=1S/C22H21N3O2/c23-20-15-25(14-19(20)16-7-3-1-4-8-16)22(26)17-11-12-21(24-13-17)27-18-9-5-2-6-10-18/h1-13,19-20H,14-15,23H2/t19-,20+/m0/s1. The Kier molecular flexibility index (Phi) is 4.85. The SMILES string of the molecule is N[C@@H]1CN(C(=O)c2ccc(Oc3ccccc3)nc2)C[C@H]1c1ccccc1. The summed E-state index contributed by atoms with van der Waals surface area (Å²) in [5.74, 6) is 1.27. The van der Waals surface area contributed by atoms with Crippen molar-refractivity contribution in [2.45, 2.75) is 12.0 Å².